The van der Waals surface area contributed by atoms with E-state index < -0.39 is 0 Å². The largest absolute Gasteiger partial charge is 0.466 e. The van der Waals surface area contributed by atoms with Gasteiger partial charge in [0.1, 0.15) is 5.76 Å². The Morgan fingerprint density at radius 1 is 1.38 bits per heavy atom. The molecule has 0 aromatic carbocycles. The van der Waals surface area contributed by atoms with Crippen LogP contribution in [0, 0.1) is 6.92 Å². The molecular formula is C15H22N2O4. The van der Waals surface area contributed by atoms with Crippen LogP contribution in [-0.2, 0) is 20.7 Å². The molecule has 1 aromatic rings. The molecule has 1 aromatic heterocycles. The number of carbonyl (C=O) groups excluding carboxylic acids is 2. The normalized spacial score (nSPS) is 16.0. The standard InChI is InChI=1S/C15H22N2O4/c1-4-20-14(19)9-13-10(2)21-15(16-13)12-5-7-17(8-6-12)11(3)18/h12H,4-9H2,1-3H3. The summed E-state index contributed by atoms with van der Waals surface area (Å²) in [5.74, 6) is 1.39. The van der Waals surface area contributed by atoms with Crippen LogP contribution in [0.2, 0.25) is 0 Å². The SMILES string of the molecule is CCOC(=O)Cc1nc(C2CCN(C(C)=O)CC2)oc1C. The number of oxazole rings is 1. The number of nitrogens with zero attached hydrogens (tertiary/aromatic N) is 2. The van der Waals surface area contributed by atoms with Gasteiger partial charge in [-0.2, -0.15) is 0 Å². The van der Waals surface area contributed by atoms with Crippen LogP contribution in [0.15, 0.2) is 4.42 Å². The number of amides is 1. The summed E-state index contributed by atoms with van der Waals surface area (Å²) in [6.45, 7) is 7.01. The van der Waals surface area contributed by atoms with Gasteiger partial charge in [-0.15, -0.1) is 0 Å². The van der Waals surface area contributed by atoms with Crippen LogP contribution in [0.25, 0.3) is 0 Å². The van der Waals surface area contributed by atoms with E-state index in [0.717, 1.165) is 25.9 Å². The molecule has 2 heterocycles. The fourth-order valence-electron chi connectivity index (χ4n) is 2.58. The van der Waals surface area contributed by atoms with Crippen molar-refractivity contribution in [2.24, 2.45) is 0 Å². The number of aromatic nitrogens is 1. The maximum absolute atomic E-state index is 11.5. The summed E-state index contributed by atoms with van der Waals surface area (Å²) in [6.07, 6.45) is 1.84. The fraction of sp³-hybridized carbons (Fsp3) is 0.667. The zero-order chi connectivity index (χ0) is 15.4. The number of piperidine rings is 1. The minimum absolute atomic E-state index is 0.111. The second-order valence-corrected chi connectivity index (χ2v) is 5.32. The number of hydrogen-bond acceptors (Lipinski definition) is 5. The molecule has 1 amide bonds. The van der Waals surface area contributed by atoms with Crippen LogP contribution in [0.1, 0.15) is 50.0 Å². The highest BCUT2D eigenvalue weighted by Gasteiger charge is 2.26. The fourth-order valence-corrected chi connectivity index (χ4v) is 2.58. The number of likely N-dealkylation sites (tertiary alicyclic amines) is 1. The third-order valence-corrected chi connectivity index (χ3v) is 3.82. The van der Waals surface area contributed by atoms with Crippen molar-refractivity contribution < 1.29 is 18.7 Å². The van der Waals surface area contributed by atoms with Crippen molar-refractivity contribution in [2.75, 3.05) is 19.7 Å². The van der Waals surface area contributed by atoms with Gasteiger partial charge in [0.15, 0.2) is 5.89 Å². The van der Waals surface area contributed by atoms with E-state index in [-0.39, 0.29) is 24.2 Å². The van der Waals surface area contributed by atoms with Gasteiger partial charge in [0, 0.05) is 25.9 Å². The van der Waals surface area contributed by atoms with Crippen LogP contribution in [0.5, 0.6) is 0 Å². The van der Waals surface area contributed by atoms with Gasteiger partial charge in [0.05, 0.1) is 18.7 Å². The molecule has 0 N–H and O–H groups in total. The molecule has 0 spiro atoms. The van der Waals surface area contributed by atoms with E-state index >= 15 is 0 Å². The predicted octanol–water partition coefficient (Wildman–Crippen LogP) is 1.81. The van der Waals surface area contributed by atoms with Crippen molar-refractivity contribution in [2.45, 2.75) is 46.0 Å². The van der Waals surface area contributed by atoms with Crippen LogP contribution >= 0.6 is 0 Å². The van der Waals surface area contributed by atoms with Gasteiger partial charge in [0.2, 0.25) is 5.91 Å². The summed E-state index contributed by atoms with van der Waals surface area (Å²) in [7, 11) is 0. The van der Waals surface area contributed by atoms with Gasteiger partial charge in [0.25, 0.3) is 0 Å². The van der Waals surface area contributed by atoms with Crippen molar-refractivity contribution in [1.82, 2.24) is 9.88 Å². The Hall–Kier alpha value is -1.85. The third kappa shape index (κ3) is 3.83. The summed E-state index contributed by atoms with van der Waals surface area (Å²) >= 11 is 0. The zero-order valence-corrected chi connectivity index (χ0v) is 12.8. The Balaban J connectivity index is 1.99. The molecule has 1 saturated heterocycles. The molecule has 1 aliphatic rings. The quantitative estimate of drug-likeness (QED) is 0.792. The molecule has 6 heteroatoms. The van der Waals surface area contributed by atoms with E-state index in [1.165, 1.54) is 0 Å². The minimum Gasteiger partial charge on any atom is -0.466 e. The molecule has 0 radical (unpaired) electrons. The average Bonchev–Trinajstić information content (AvgIpc) is 2.80. The number of ether oxygens (including phenoxy) is 1. The van der Waals surface area contributed by atoms with Crippen LogP contribution in [0.4, 0.5) is 0 Å². The molecule has 0 aliphatic carbocycles. The summed E-state index contributed by atoms with van der Waals surface area (Å²) in [4.78, 5) is 29.1. The summed E-state index contributed by atoms with van der Waals surface area (Å²) in [5.41, 5.74) is 0.650. The van der Waals surface area contributed by atoms with Crippen molar-refractivity contribution in [3.05, 3.63) is 17.3 Å². The topological polar surface area (TPSA) is 72.6 Å². The van der Waals surface area contributed by atoms with E-state index in [0.29, 0.717) is 24.0 Å². The molecular weight excluding hydrogens is 272 g/mol. The predicted molar refractivity (Wildman–Crippen MR) is 75.8 cm³/mol. The van der Waals surface area contributed by atoms with Crippen LogP contribution in [0.3, 0.4) is 0 Å². The first kappa shape index (κ1) is 15.5. The number of rotatable bonds is 4. The van der Waals surface area contributed by atoms with Crippen LogP contribution in [-0.4, -0.2) is 41.5 Å². The van der Waals surface area contributed by atoms with Crippen molar-refractivity contribution in [1.29, 1.82) is 0 Å². The number of hydrogen-bond donors (Lipinski definition) is 0. The molecule has 1 fully saturated rings. The number of esters is 1. The second kappa shape index (κ2) is 6.74. The highest BCUT2D eigenvalue weighted by Crippen LogP contribution is 2.29. The first-order chi connectivity index (χ1) is 10.0. The molecule has 0 saturated carbocycles. The highest BCUT2D eigenvalue weighted by molar-refractivity contribution is 5.73. The van der Waals surface area contributed by atoms with Gasteiger partial charge < -0.3 is 14.1 Å². The lowest BCUT2D eigenvalue weighted by Crippen LogP contribution is -2.36. The van der Waals surface area contributed by atoms with Crippen LogP contribution < -0.4 is 0 Å². The van der Waals surface area contributed by atoms with Gasteiger partial charge in [-0.25, -0.2) is 4.98 Å². The Bertz CT molecular complexity index is 516. The van der Waals surface area contributed by atoms with E-state index in [9.17, 15) is 9.59 Å². The maximum Gasteiger partial charge on any atom is 0.311 e. The lowest BCUT2D eigenvalue weighted by Gasteiger charge is -2.29. The maximum atomic E-state index is 11.5. The molecule has 0 bridgehead atoms. The zero-order valence-electron chi connectivity index (χ0n) is 12.8. The molecule has 21 heavy (non-hydrogen) atoms. The highest BCUT2D eigenvalue weighted by atomic mass is 16.5. The molecule has 6 nitrogen and oxygen atoms in total. The van der Waals surface area contributed by atoms with Gasteiger partial charge >= 0.3 is 5.97 Å². The molecule has 0 unspecified atom stereocenters. The lowest BCUT2D eigenvalue weighted by atomic mass is 9.97. The first-order valence-electron chi connectivity index (χ1n) is 7.38. The summed E-state index contributed by atoms with van der Waals surface area (Å²) < 4.78 is 10.6. The molecule has 2 rings (SSSR count). The van der Waals surface area contributed by atoms with E-state index in [4.69, 9.17) is 9.15 Å². The van der Waals surface area contributed by atoms with Crippen molar-refractivity contribution in [3.8, 4) is 0 Å². The first-order valence-corrected chi connectivity index (χ1v) is 7.38. The summed E-state index contributed by atoms with van der Waals surface area (Å²) in [6, 6.07) is 0. The Labute approximate surface area is 124 Å². The summed E-state index contributed by atoms with van der Waals surface area (Å²) in [5, 5.41) is 0. The molecule has 0 atom stereocenters. The lowest BCUT2D eigenvalue weighted by molar-refractivity contribution is -0.142. The average molecular weight is 294 g/mol. The molecule has 1 aliphatic heterocycles. The second-order valence-electron chi connectivity index (χ2n) is 5.32. The van der Waals surface area contributed by atoms with E-state index in [1.54, 1.807) is 13.8 Å². The van der Waals surface area contributed by atoms with Crippen molar-refractivity contribution in [3.63, 3.8) is 0 Å². The Kier molecular flexibility index (Phi) is 4.98. The van der Waals surface area contributed by atoms with Gasteiger partial charge in [-0.05, 0) is 26.7 Å². The van der Waals surface area contributed by atoms with E-state index in [2.05, 4.69) is 4.98 Å². The Morgan fingerprint density at radius 3 is 2.62 bits per heavy atom. The third-order valence-electron chi connectivity index (χ3n) is 3.82. The number of aryl methyl sites for hydroxylation is 1. The van der Waals surface area contributed by atoms with Gasteiger partial charge in [-0.3, -0.25) is 9.59 Å². The number of carbonyl (C=O) groups is 2. The van der Waals surface area contributed by atoms with Crippen molar-refractivity contribution >= 4 is 11.9 Å². The smallest absolute Gasteiger partial charge is 0.311 e. The monoisotopic (exact) mass is 294 g/mol. The molecule has 116 valence electrons. The van der Waals surface area contributed by atoms with Gasteiger partial charge in [-0.1, -0.05) is 0 Å². The van der Waals surface area contributed by atoms with E-state index in [1.807, 2.05) is 11.8 Å². The minimum atomic E-state index is -0.285. The Morgan fingerprint density at radius 2 is 2.05 bits per heavy atom.